The zero-order chi connectivity index (χ0) is 19.6. The first-order chi connectivity index (χ1) is 12.8. The molecule has 0 bridgehead atoms. The fraction of sp³-hybridized carbons (Fsp3) is 0.611. The number of likely N-dealkylation sites (N-methyl/N-ethyl adjacent to an activating group) is 1. The average Bonchev–Trinajstić information content (AvgIpc) is 2.65. The van der Waals surface area contributed by atoms with Gasteiger partial charge in [0, 0.05) is 39.3 Å². The van der Waals surface area contributed by atoms with E-state index in [9.17, 15) is 13.2 Å². The van der Waals surface area contributed by atoms with Crippen LogP contribution in [0.1, 0.15) is 18.4 Å². The summed E-state index contributed by atoms with van der Waals surface area (Å²) in [5.74, 6) is -0.317. The molecule has 0 saturated carbocycles. The third-order valence-corrected chi connectivity index (χ3v) is 7.83. The number of piperidine rings is 1. The normalized spacial score (nSPS) is 22.8. The second-order valence-electron chi connectivity index (χ2n) is 7.33. The summed E-state index contributed by atoms with van der Waals surface area (Å²) in [6, 6.07) is 4.85. The fourth-order valence-corrected chi connectivity index (χ4v) is 5.53. The Balaban J connectivity index is 1.65. The monoisotopic (exact) mass is 433 g/mol. The molecule has 9 heteroatoms. The van der Waals surface area contributed by atoms with Gasteiger partial charge in [-0.15, -0.1) is 0 Å². The first-order valence-corrected chi connectivity index (χ1v) is 11.5. The predicted octanol–water partition coefficient (Wildman–Crippen LogP) is 2.31. The topological polar surface area (TPSA) is 60.9 Å². The molecule has 0 aliphatic carbocycles. The molecule has 1 atom stereocenters. The van der Waals surface area contributed by atoms with Crippen molar-refractivity contribution in [2.75, 3.05) is 46.3 Å². The second kappa shape index (κ2) is 8.66. The van der Waals surface area contributed by atoms with Gasteiger partial charge in [-0.3, -0.25) is 4.79 Å². The summed E-state index contributed by atoms with van der Waals surface area (Å²) < 4.78 is 27.2. The molecule has 2 fully saturated rings. The number of nitrogens with zero attached hydrogens (tertiary/aromatic N) is 3. The van der Waals surface area contributed by atoms with Crippen molar-refractivity contribution in [1.82, 2.24) is 14.1 Å². The minimum atomic E-state index is -3.52. The van der Waals surface area contributed by atoms with E-state index in [1.54, 1.807) is 18.2 Å². The van der Waals surface area contributed by atoms with E-state index in [4.69, 9.17) is 23.2 Å². The van der Waals surface area contributed by atoms with Crippen LogP contribution in [0.15, 0.2) is 18.2 Å². The number of carbonyl (C=O) groups is 1. The van der Waals surface area contributed by atoms with Crippen LogP contribution in [0.25, 0.3) is 0 Å². The fourth-order valence-electron chi connectivity index (χ4n) is 3.61. The van der Waals surface area contributed by atoms with Crippen molar-refractivity contribution < 1.29 is 13.2 Å². The zero-order valence-corrected chi connectivity index (χ0v) is 17.7. The van der Waals surface area contributed by atoms with E-state index in [0.717, 1.165) is 19.5 Å². The Hall–Kier alpha value is -0.860. The van der Waals surface area contributed by atoms with Crippen LogP contribution in [0.2, 0.25) is 10.0 Å². The Labute approximate surface area is 171 Å². The predicted molar refractivity (Wildman–Crippen MR) is 107 cm³/mol. The summed E-state index contributed by atoms with van der Waals surface area (Å²) in [7, 11) is -1.48. The van der Waals surface area contributed by atoms with Crippen LogP contribution < -0.4 is 0 Å². The van der Waals surface area contributed by atoms with Crippen molar-refractivity contribution in [3.05, 3.63) is 33.8 Å². The van der Waals surface area contributed by atoms with Gasteiger partial charge in [0.2, 0.25) is 15.9 Å². The maximum atomic E-state index is 12.9. The van der Waals surface area contributed by atoms with Gasteiger partial charge in [-0.25, -0.2) is 12.7 Å². The van der Waals surface area contributed by atoms with Gasteiger partial charge in [0.15, 0.2) is 0 Å². The van der Waals surface area contributed by atoms with Gasteiger partial charge in [0.1, 0.15) is 0 Å². The van der Waals surface area contributed by atoms with Crippen molar-refractivity contribution in [3.63, 3.8) is 0 Å². The molecule has 0 spiro atoms. The Morgan fingerprint density at radius 2 is 1.81 bits per heavy atom. The lowest BCUT2D eigenvalue weighted by atomic mass is 9.98. The molecular weight excluding hydrogens is 409 g/mol. The molecule has 27 heavy (non-hydrogen) atoms. The molecule has 2 saturated heterocycles. The molecule has 1 aromatic rings. The smallest absolute Gasteiger partial charge is 0.227 e. The van der Waals surface area contributed by atoms with E-state index < -0.39 is 10.0 Å². The summed E-state index contributed by atoms with van der Waals surface area (Å²) in [5, 5.41) is 0.736. The molecule has 2 aliphatic rings. The maximum absolute atomic E-state index is 12.9. The van der Waals surface area contributed by atoms with Crippen molar-refractivity contribution >= 4 is 39.1 Å². The maximum Gasteiger partial charge on any atom is 0.227 e. The molecule has 0 radical (unpaired) electrons. The minimum absolute atomic E-state index is 0.0811. The highest BCUT2D eigenvalue weighted by molar-refractivity contribution is 7.88. The number of carbonyl (C=O) groups excluding carboxylic acids is 1. The molecular formula is C18H25Cl2N3O3S. The van der Waals surface area contributed by atoms with Gasteiger partial charge in [0.05, 0.1) is 21.7 Å². The first-order valence-electron chi connectivity index (χ1n) is 9.15. The van der Waals surface area contributed by atoms with Gasteiger partial charge >= 0.3 is 0 Å². The molecule has 0 aromatic heterocycles. The molecule has 0 unspecified atom stereocenters. The summed E-state index contributed by atoms with van der Waals surface area (Å²) in [5.41, 5.74) is 0.594. The molecule has 2 aliphatic heterocycles. The third kappa shape index (κ3) is 5.15. The van der Waals surface area contributed by atoms with E-state index in [1.165, 1.54) is 4.31 Å². The lowest BCUT2D eigenvalue weighted by molar-refractivity contribution is -0.138. The van der Waals surface area contributed by atoms with E-state index in [-0.39, 0.29) is 24.1 Å². The average molecular weight is 434 g/mol. The summed E-state index contributed by atoms with van der Waals surface area (Å²) in [6.07, 6.45) is 1.44. The molecule has 1 aromatic carbocycles. The van der Waals surface area contributed by atoms with Crippen molar-refractivity contribution in [1.29, 1.82) is 0 Å². The van der Waals surface area contributed by atoms with E-state index >= 15 is 0 Å². The quantitative estimate of drug-likeness (QED) is 0.730. The Morgan fingerprint density at radius 1 is 1.11 bits per heavy atom. The highest BCUT2D eigenvalue weighted by atomic mass is 35.5. The van der Waals surface area contributed by atoms with Crippen molar-refractivity contribution in [2.24, 2.45) is 5.92 Å². The number of benzene rings is 1. The van der Waals surface area contributed by atoms with Crippen molar-refractivity contribution in [3.8, 4) is 0 Å². The molecule has 150 valence electrons. The van der Waals surface area contributed by atoms with Crippen LogP contribution in [-0.4, -0.2) is 74.7 Å². The van der Waals surface area contributed by atoms with E-state index in [0.29, 0.717) is 41.7 Å². The van der Waals surface area contributed by atoms with Crippen LogP contribution in [0, 0.1) is 5.92 Å². The Kier molecular flexibility index (Phi) is 6.69. The second-order valence-corrected chi connectivity index (χ2v) is 10.1. The standard InChI is InChI=1S/C18H25Cl2N3O3S/c1-21-7-9-22(10-8-21)18(24)15-3-2-6-23(12-15)27(25,26)13-14-4-5-16(19)17(20)11-14/h4-5,11,15H,2-3,6-10,12-13H2,1H3/t15-/m1/s1. The summed E-state index contributed by atoms with van der Waals surface area (Å²) >= 11 is 11.9. The van der Waals surface area contributed by atoms with Crippen LogP contribution in [0.4, 0.5) is 0 Å². The van der Waals surface area contributed by atoms with Gasteiger partial charge < -0.3 is 9.80 Å². The molecule has 0 N–H and O–H groups in total. The van der Waals surface area contributed by atoms with Gasteiger partial charge in [-0.2, -0.15) is 0 Å². The number of hydrogen-bond acceptors (Lipinski definition) is 4. The third-order valence-electron chi connectivity index (χ3n) is 5.27. The van der Waals surface area contributed by atoms with Crippen molar-refractivity contribution in [2.45, 2.75) is 18.6 Å². The van der Waals surface area contributed by atoms with Crippen LogP contribution in [0.3, 0.4) is 0 Å². The van der Waals surface area contributed by atoms with E-state index in [1.807, 2.05) is 11.9 Å². The largest absolute Gasteiger partial charge is 0.340 e. The highest BCUT2D eigenvalue weighted by Crippen LogP contribution is 2.26. The minimum Gasteiger partial charge on any atom is -0.340 e. The number of amides is 1. The number of sulfonamides is 1. The number of piperazine rings is 1. The molecule has 6 nitrogen and oxygen atoms in total. The molecule has 2 heterocycles. The zero-order valence-electron chi connectivity index (χ0n) is 15.4. The summed E-state index contributed by atoms with van der Waals surface area (Å²) in [6.45, 7) is 3.85. The number of hydrogen-bond donors (Lipinski definition) is 0. The van der Waals surface area contributed by atoms with Crippen LogP contribution in [-0.2, 0) is 20.6 Å². The Morgan fingerprint density at radius 3 is 2.48 bits per heavy atom. The van der Waals surface area contributed by atoms with Gasteiger partial charge in [-0.05, 0) is 37.6 Å². The molecule has 1 amide bonds. The van der Waals surface area contributed by atoms with Gasteiger partial charge in [0.25, 0.3) is 0 Å². The highest BCUT2D eigenvalue weighted by Gasteiger charge is 2.35. The lowest BCUT2D eigenvalue weighted by Gasteiger charge is -2.37. The first kappa shape index (κ1) is 20.9. The number of halogens is 2. The molecule has 3 rings (SSSR count). The SMILES string of the molecule is CN1CCN(C(=O)[C@@H]2CCCN(S(=O)(=O)Cc3ccc(Cl)c(Cl)c3)C2)CC1. The summed E-state index contributed by atoms with van der Waals surface area (Å²) in [4.78, 5) is 16.9. The van der Waals surface area contributed by atoms with E-state index in [2.05, 4.69) is 4.90 Å². The van der Waals surface area contributed by atoms with Crippen LogP contribution >= 0.6 is 23.2 Å². The number of rotatable bonds is 4. The van der Waals surface area contributed by atoms with Gasteiger partial charge in [-0.1, -0.05) is 29.3 Å². The Bertz CT molecular complexity index is 795. The van der Waals surface area contributed by atoms with Crippen LogP contribution in [0.5, 0.6) is 0 Å². The lowest BCUT2D eigenvalue weighted by Crippen LogP contribution is -2.52.